The van der Waals surface area contributed by atoms with Crippen LogP contribution in [0.15, 0.2) is 77.9 Å². The standard InChI is InChI=1S/C31H32ClFN4O4/c1-40-25-12-8-22(9-13-25)28-20-29(23-6-10-24(32)11-7-23)37(34-28)30(38)21-36(15-14-35-16-18-41-19-17-35)31(39)26-4-2-3-5-27(26)33/h2-13,29H,14-21H2,1H3. The fourth-order valence-corrected chi connectivity index (χ4v) is 5.15. The van der Waals surface area contributed by atoms with Gasteiger partial charge in [0.2, 0.25) is 0 Å². The smallest absolute Gasteiger partial charge is 0.262 e. The third-order valence-corrected chi connectivity index (χ3v) is 7.60. The van der Waals surface area contributed by atoms with E-state index in [1.807, 2.05) is 36.4 Å². The summed E-state index contributed by atoms with van der Waals surface area (Å²) >= 11 is 6.14. The van der Waals surface area contributed by atoms with Crippen molar-refractivity contribution in [2.24, 2.45) is 5.10 Å². The number of methoxy groups -OCH3 is 1. The summed E-state index contributed by atoms with van der Waals surface area (Å²) in [6, 6.07) is 20.3. The number of benzene rings is 3. The molecule has 0 aliphatic carbocycles. The molecule has 3 aromatic rings. The van der Waals surface area contributed by atoms with Crippen molar-refractivity contribution in [1.29, 1.82) is 0 Å². The highest BCUT2D eigenvalue weighted by atomic mass is 35.5. The second kappa shape index (κ2) is 13.2. The fourth-order valence-electron chi connectivity index (χ4n) is 5.02. The van der Waals surface area contributed by atoms with Crippen molar-refractivity contribution in [3.63, 3.8) is 0 Å². The molecular formula is C31H32ClFN4O4. The molecule has 0 N–H and O–H groups in total. The molecule has 2 aliphatic rings. The van der Waals surface area contributed by atoms with Crippen LogP contribution < -0.4 is 4.74 Å². The predicted molar refractivity (Wildman–Crippen MR) is 155 cm³/mol. The number of hydrogen-bond donors (Lipinski definition) is 0. The number of rotatable bonds is 9. The van der Waals surface area contributed by atoms with Gasteiger partial charge in [0.15, 0.2) is 0 Å². The maximum atomic E-state index is 14.6. The van der Waals surface area contributed by atoms with Crippen molar-refractivity contribution in [1.82, 2.24) is 14.8 Å². The van der Waals surface area contributed by atoms with Crippen LogP contribution in [0.3, 0.4) is 0 Å². The molecule has 3 aromatic carbocycles. The maximum Gasteiger partial charge on any atom is 0.262 e. The molecule has 0 radical (unpaired) electrons. The zero-order valence-corrected chi connectivity index (χ0v) is 23.6. The number of nitrogens with zero attached hydrogens (tertiary/aromatic N) is 4. The number of hydrazone groups is 1. The lowest BCUT2D eigenvalue weighted by Gasteiger charge is -2.31. The minimum Gasteiger partial charge on any atom is -0.497 e. The molecule has 214 valence electrons. The molecule has 1 fully saturated rings. The van der Waals surface area contributed by atoms with Crippen LogP contribution in [0.2, 0.25) is 5.02 Å². The van der Waals surface area contributed by atoms with Crippen LogP contribution >= 0.6 is 11.6 Å². The van der Waals surface area contributed by atoms with Crippen molar-refractivity contribution in [3.8, 4) is 5.75 Å². The van der Waals surface area contributed by atoms with Gasteiger partial charge in [0.25, 0.3) is 11.8 Å². The van der Waals surface area contributed by atoms with E-state index in [-0.39, 0.29) is 30.6 Å². The Balaban J connectivity index is 1.42. The van der Waals surface area contributed by atoms with E-state index >= 15 is 0 Å². The summed E-state index contributed by atoms with van der Waals surface area (Å²) in [6.07, 6.45) is 0.481. The van der Waals surface area contributed by atoms with Gasteiger partial charge in [-0.05, 0) is 59.7 Å². The second-order valence-corrected chi connectivity index (χ2v) is 10.4. The number of hydrogen-bond acceptors (Lipinski definition) is 6. The average Bonchev–Trinajstić information content (AvgIpc) is 3.46. The molecule has 1 unspecified atom stereocenters. The van der Waals surface area contributed by atoms with E-state index in [4.69, 9.17) is 26.2 Å². The second-order valence-electron chi connectivity index (χ2n) is 9.95. The van der Waals surface area contributed by atoms with Gasteiger partial charge in [-0.3, -0.25) is 14.5 Å². The van der Waals surface area contributed by atoms with Crippen LogP contribution in [0.5, 0.6) is 5.75 Å². The number of carbonyl (C=O) groups excluding carboxylic acids is 2. The van der Waals surface area contributed by atoms with Crippen LogP contribution in [-0.4, -0.2) is 85.4 Å². The Labute approximate surface area is 243 Å². The molecule has 41 heavy (non-hydrogen) atoms. The lowest BCUT2D eigenvalue weighted by molar-refractivity contribution is -0.133. The van der Waals surface area contributed by atoms with Gasteiger partial charge in [0.1, 0.15) is 18.1 Å². The van der Waals surface area contributed by atoms with Gasteiger partial charge >= 0.3 is 0 Å². The summed E-state index contributed by atoms with van der Waals surface area (Å²) in [4.78, 5) is 31.0. The van der Waals surface area contributed by atoms with Gasteiger partial charge in [0, 0.05) is 37.6 Å². The molecule has 0 aromatic heterocycles. The van der Waals surface area contributed by atoms with E-state index in [9.17, 15) is 14.0 Å². The van der Waals surface area contributed by atoms with Crippen LogP contribution in [0.1, 0.15) is 33.9 Å². The fraction of sp³-hybridized carbons (Fsp3) is 0.323. The molecule has 10 heteroatoms. The first-order valence-electron chi connectivity index (χ1n) is 13.6. The van der Waals surface area contributed by atoms with E-state index in [1.165, 1.54) is 28.1 Å². The summed E-state index contributed by atoms with van der Waals surface area (Å²) < 4.78 is 25.3. The normalized spacial score (nSPS) is 17.3. The molecule has 1 saturated heterocycles. The van der Waals surface area contributed by atoms with Gasteiger partial charge < -0.3 is 14.4 Å². The van der Waals surface area contributed by atoms with Crippen LogP contribution in [0.25, 0.3) is 0 Å². The third kappa shape index (κ3) is 6.93. The lowest BCUT2D eigenvalue weighted by Crippen LogP contribution is -2.46. The SMILES string of the molecule is COc1ccc(C2=NN(C(=O)CN(CCN3CCOCC3)C(=O)c3ccccc3F)C(c3ccc(Cl)cc3)C2)cc1. The maximum absolute atomic E-state index is 14.6. The summed E-state index contributed by atoms with van der Waals surface area (Å²) in [5.74, 6) is -0.801. The van der Waals surface area contributed by atoms with Gasteiger partial charge in [0.05, 0.1) is 37.6 Å². The highest BCUT2D eigenvalue weighted by molar-refractivity contribution is 6.30. The summed E-state index contributed by atoms with van der Waals surface area (Å²) in [6.45, 7) is 3.23. The monoisotopic (exact) mass is 578 g/mol. The van der Waals surface area contributed by atoms with Crippen molar-refractivity contribution < 1.29 is 23.5 Å². The predicted octanol–water partition coefficient (Wildman–Crippen LogP) is 4.64. The third-order valence-electron chi connectivity index (χ3n) is 7.35. The molecule has 8 nitrogen and oxygen atoms in total. The van der Waals surface area contributed by atoms with E-state index < -0.39 is 11.7 Å². The van der Waals surface area contributed by atoms with Crippen molar-refractivity contribution in [2.75, 3.05) is 53.0 Å². The molecule has 2 aliphatic heterocycles. The highest BCUT2D eigenvalue weighted by Gasteiger charge is 2.35. The zero-order chi connectivity index (χ0) is 28.8. The Morgan fingerprint density at radius 2 is 1.76 bits per heavy atom. The van der Waals surface area contributed by atoms with Gasteiger partial charge in [-0.1, -0.05) is 35.9 Å². The molecule has 2 amide bonds. The molecule has 1 atom stereocenters. The van der Waals surface area contributed by atoms with Gasteiger partial charge in [-0.15, -0.1) is 0 Å². The van der Waals surface area contributed by atoms with Crippen molar-refractivity contribution >= 4 is 29.1 Å². The topological polar surface area (TPSA) is 74.7 Å². The Morgan fingerprint density at radius 1 is 1.05 bits per heavy atom. The van der Waals surface area contributed by atoms with E-state index in [2.05, 4.69) is 4.90 Å². The quantitative estimate of drug-likeness (QED) is 0.370. The molecule has 0 spiro atoms. The number of ether oxygens (including phenoxy) is 2. The molecule has 5 rings (SSSR count). The van der Waals surface area contributed by atoms with Gasteiger partial charge in [-0.2, -0.15) is 5.10 Å². The van der Waals surface area contributed by atoms with Crippen LogP contribution in [0, 0.1) is 5.82 Å². The number of amides is 2. The average molecular weight is 579 g/mol. The van der Waals surface area contributed by atoms with Crippen molar-refractivity contribution in [3.05, 3.63) is 100 Å². The van der Waals surface area contributed by atoms with Crippen molar-refractivity contribution in [2.45, 2.75) is 12.5 Å². The first kappa shape index (κ1) is 28.7. The Hall–Kier alpha value is -3.79. The Morgan fingerprint density at radius 3 is 2.44 bits per heavy atom. The largest absolute Gasteiger partial charge is 0.497 e. The number of carbonyl (C=O) groups is 2. The summed E-state index contributed by atoms with van der Waals surface area (Å²) in [5.41, 5.74) is 2.41. The number of halogens is 2. The highest BCUT2D eigenvalue weighted by Crippen LogP contribution is 2.34. The Kier molecular flexibility index (Phi) is 9.28. The number of morpholine rings is 1. The molecule has 0 saturated carbocycles. The first-order chi connectivity index (χ1) is 19.9. The minimum absolute atomic E-state index is 0.0691. The van der Waals surface area contributed by atoms with Crippen LogP contribution in [0.4, 0.5) is 4.39 Å². The molecule has 0 bridgehead atoms. The summed E-state index contributed by atoms with van der Waals surface area (Å²) in [7, 11) is 1.60. The van der Waals surface area contributed by atoms with Crippen LogP contribution in [-0.2, 0) is 9.53 Å². The lowest BCUT2D eigenvalue weighted by atomic mass is 9.98. The Bertz CT molecular complexity index is 1390. The zero-order valence-electron chi connectivity index (χ0n) is 22.8. The van der Waals surface area contributed by atoms with Gasteiger partial charge in [-0.25, -0.2) is 9.40 Å². The first-order valence-corrected chi connectivity index (χ1v) is 13.9. The summed E-state index contributed by atoms with van der Waals surface area (Å²) in [5, 5.41) is 6.77. The molecular weight excluding hydrogens is 547 g/mol. The van der Waals surface area contributed by atoms with E-state index in [0.29, 0.717) is 31.2 Å². The van der Waals surface area contributed by atoms with E-state index in [0.717, 1.165) is 35.7 Å². The van der Waals surface area contributed by atoms with E-state index in [1.54, 1.807) is 25.3 Å². The minimum atomic E-state index is -0.624. The molecule has 2 heterocycles.